The zero-order chi connectivity index (χ0) is 13.9. The lowest BCUT2D eigenvalue weighted by atomic mass is 10.2. The van der Waals surface area contributed by atoms with Crippen LogP contribution < -0.4 is 0 Å². The van der Waals surface area contributed by atoms with Crippen LogP contribution in [0.1, 0.15) is 6.92 Å². The maximum absolute atomic E-state index is 10.6. The summed E-state index contributed by atoms with van der Waals surface area (Å²) in [5, 5.41) is 9.67. The van der Waals surface area contributed by atoms with Crippen LogP contribution in [-0.2, 0) is 9.53 Å². The van der Waals surface area contributed by atoms with E-state index >= 15 is 0 Å². The SMILES string of the molecule is C#CN1C([Si](C)(C)C)=C(OCC(=O)O)C=CC1C. The lowest BCUT2D eigenvalue weighted by molar-refractivity contribution is -0.140. The minimum absolute atomic E-state index is 0.105. The highest BCUT2D eigenvalue weighted by Gasteiger charge is 2.32. The normalized spacial score (nSPS) is 19.7. The van der Waals surface area contributed by atoms with Gasteiger partial charge in [0.1, 0.15) is 13.8 Å². The number of ether oxygens (including phenoxy) is 1. The second-order valence-electron chi connectivity index (χ2n) is 5.24. The minimum Gasteiger partial charge on any atom is -0.481 e. The summed E-state index contributed by atoms with van der Waals surface area (Å²) < 4.78 is 5.35. The van der Waals surface area contributed by atoms with Crippen LogP contribution in [0.25, 0.3) is 0 Å². The number of hydrogen-bond donors (Lipinski definition) is 1. The van der Waals surface area contributed by atoms with Gasteiger partial charge >= 0.3 is 5.97 Å². The summed E-state index contributed by atoms with van der Waals surface area (Å²) in [6.07, 6.45) is 9.30. The van der Waals surface area contributed by atoms with Crippen molar-refractivity contribution in [1.82, 2.24) is 4.90 Å². The van der Waals surface area contributed by atoms with Crippen molar-refractivity contribution in [3.8, 4) is 12.5 Å². The van der Waals surface area contributed by atoms with Gasteiger partial charge in [0.15, 0.2) is 6.61 Å². The smallest absolute Gasteiger partial charge is 0.341 e. The number of carbonyl (C=O) groups is 1. The average molecular weight is 265 g/mol. The van der Waals surface area contributed by atoms with Crippen molar-refractivity contribution in [1.29, 1.82) is 0 Å². The zero-order valence-corrected chi connectivity index (χ0v) is 12.2. The Hall–Kier alpha value is -1.67. The van der Waals surface area contributed by atoms with E-state index < -0.39 is 14.0 Å². The molecule has 0 bridgehead atoms. The van der Waals surface area contributed by atoms with E-state index in [0.29, 0.717) is 5.76 Å². The van der Waals surface area contributed by atoms with Gasteiger partial charge in [-0.1, -0.05) is 32.1 Å². The summed E-state index contributed by atoms with van der Waals surface area (Å²) in [7, 11) is -1.72. The van der Waals surface area contributed by atoms with Gasteiger partial charge in [-0.15, -0.1) is 0 Å². The molecule has 0 aromatic heterocycles. The van der Waals surface area contributed by atoms with Gasteiger partial charge in [0.25, 0.3) is 0 Å². The van der Waals surface area contributed by atoms with Gasteiger partial charge in [-0.3, -0.25) is 4.90 Å². The van der Waals surface area contributed by atoms with Crippen LogP contribution >= 0.6 is 0 Å². The number of carboxylic acids is 1. The second-order valence-corrected chi connectivity index (χ2v) is 10.2. The molecular formula is C13H19NO3Si. The van der Waals surface area contributed by atoms with Gasteiger partial charge in [0.2, 0.25) is 0 Å². The third kappa shape index (κ3) is 3.17. The van der Waals surface area contributed by atoms with Gasteiger partial charge in [-0.2, -0.15) is 0 Å². The summed E-state index contributed by atoms with van der Waals surface area (Å²) >= 11 is 0. The fourth-order valence-electron chi connectivity index (χ4n) is 1.88. The van der Waals surface area contributed by atoms with Gasteiger partial charge < -0.3 is 9.84 Å². The molecule has 1 rings (SSSR count). The van der Waals surface area contributed by atoms with E-state index in [9.17, 15) is 4.79 Å². The summed E-state index contributed by atoms with van der Waals surface area (Å²) in [4.78, 5) is 12.4. The number of carboxylic acid groups (broad SMARTS) is 1. The molecule has 0 saturated heterocycles. The molecule has 1 aliphatic rings. The predicted octanol–water partition coefficient (Wildman–Crippen LogP) is 2.03. The van der Waals surface area contributed by atoms with E-state index in [1.54, 1.807) is 0 Å². The summed E-state index contributed by atoms with van der Waals surface area (Å²) in [6, 6.07) is 2.76. The zero-order valence-electron chi connectivity index (χ0n) is 11.2. The standard InChI is InChI=1S/C13H19NO3Si/c1-6-14-10(2)7-8-11(17-9-12(15)16)13(14)18(3,4)5/h1,7-8,10H,9H2,2-5H3,(H,15,16). The minimum atomic E-state index is -1.72. The number of hydrogen-bond acceptors (Lipinski definition) is 3. The Morgan fingerprint density at radius 3 is 2.67 bits per heavy atom. The highest BCUT2D eigenvalue weighted by Crippen LogP contribution is 2.29. The van der Waals surface area contributed by atoms with Crippen LogP contribution in [-0.4, -0.2) is 36.7 Å². The monoisotopic (exact) mass is 265 g/mol. The highest BCUT2D eigenvalue weighted by molar-refractivity contribution is 6.83. The fraction of sp³-hybridized carbons (Fsp3) is 0.462. The Morgan fingerprint density at radius 2 is 2.22 bits per heavy atom. The van der Waals surface area contributed by atoms with E-state index in [4.69, 9.17) is 16.3 Å². The second kappa shape index (κ2) is 5.32. The Morgan fingerprint density at radius 1 is 1.61 bits per heavy atom. The number of rotatable bonds is 4. The molecule has 1 unspecified atom stereocenters. The molecular weight excluding hydrogens is 246 g/mol. The maximum Gasteiger partial charge on any atom is 0.341 e. The van der Waals surface area contributed by atoms with Crippen molar-refractivity contribution in [3.05, 3.63) is 23.2 Å². The quantitative estimate of drug-likeness (QED) is 0.624. The van der Waals surface area contributed by atoms with Crippen LogP contribution in [0.3, 0.4) is 0 Å². The van der Waals surface area contributed by atoms with E-state index in [0.717, 1.165) is 5.32 Å². The molecule has 1 heterocycles. The molecule has 98 valence electrons. The molecule has 0 fully saturated rings. The first kappa shape index (κ1) is 14.4. The Bertz CT molecular complexity index is 440. The largest absolute Gasteiger partial charge is 0.481 e. The number of aliphatic carboxylic acids is 1. The lowest BCUT2D eigenvalue weighted by Crippen LogP contribution is -2.42. The molecule has 0 aromatic rings. The first-order valence-electron chi connectivity index (χ1n) is 5.80. The van der Waals surface area contributed by atoms with E-state index in [1.807, 2.05) is 24.0 Å². The molecule has 5 heteroatoms. The Kier molecular flexibility index (Phi) is 4.25. The van der Waals surface area contributed by atoms with Crippen LogP contribution in [0, 0.1) is 12.5 Å². The average Bonchev–Trinajstić information content (AvgIpc) is 2.25. The van der Waals surface area contributed by atoms with Gasteiger partial charge in [0, 0.05) is 6.04 Å². The first-order chi connectivity index (χ1) is 8.27. The van der Waals surface area contributed by atoms with Crippen molar-refractivity contribution in [3.63, 3.8) is 0 Å². The van der Waals surface area contributed by atoms with Crippen molar-refractivity contribution in [2.45, 2.75) is 32.6 Å². The first-order valence-corrected chi connectivity index (χ1v) is 9.30. The molecule has 0 saturated carbocycles. The highest BCUT2D eigenvalue weighted by atomic mass is 28.3. The molecule has 0 spiro atoms. The molecule has 1 N–H and O–H groups in total. The van der Waals surface area contributed by atoms with E-state index in [-0.39, 0.29) is 12.6 Å². The van der Waals surface area contributed by atoms with Crippen molar-refractivity contribution < 1.29 is 14.6 Å². The maximum atomic E-state index is 10.6. The van der Waals surface area contributed by atoms with Crippen LogP contribution in [0.2, 0.25) is 19.6 Å². The Balaban J connectivity index is 3.16. The summed E-state index contributed by atoms with van der Waals surface area (Å²) in [5.41, 5.74) is 0. The van der Waals surface area contributed by atoms with Crippen LogP contribution in [0.5, 0.6) is 0 Å². The number of nitrogens with zero attached hydrogens (tertiary/aromatic N) is 1. The molecule has 0 amide bonds. The third-order valence-electron chi connectivity index (χ3n) is 2.61. The van der Waals surface area contributed by atoms with Gasteiger partial charge in [0.05, 0.1) is 11.4 Å². The molecule has 4 nitrogen and oxygen atoms in total. The van der Waals surface area contributed by atoms with Crippen molar-refractivity contribution in [2.24, 2.45) is 0 Å². The summed E-state index contributed by atoms with van der Waals surface area (Å²) in [6.45, 7) is 8.12. The topological polar surface area (TPSA) is 49.8 Å². The molecule has 1 aliphatic heterocycles. The number of terminal acetylenes is 1. The predicted molar refractivity (Wildman–Crippen MR) is 73.2 cm³/mol. The summed E-state index contributed by atoms with van der Waals surface area (Å²) in [5.74, 6) is -0.399. The number of allylic oxidation sites excluding steroid dienone is 1. The van der Waals surface area contributed by atoms with Gasteiger partial charge in [-0.25, -0.2) is 4.79 Å². The molecule has 1 atom stereocenters. The lowest BCUT2D eigenvalue weighted by Gasteiger charge is -2.36. The molecule has 0 radical (unpaired) electrons. The van der Waals surface area contributed by atoms with Crippen LogP contribution in [0.15, 0.2) is 23.2 Å². The van der Waals surface area contributed by atoms with E-state index in [1.165, 1.54) is 0 Å². The van der Waals surface area contributed by atoms with Crippen molar-refractivity contribution >= 4 is 14.0 Å². The van der Waals surface area contributed by atoms with Crippen molar-refractivity contribution in [2.75, 3.05) is 6.61 Å². The van der Waals surface area contributed by atoms with Crippen LogP contribution in [0.4, 0.5) is 0 Å². The molecule has 0 aromatic carbocycles. The van der Waals surface area contributed by atoms with E-state index in [2.05, 4.69) is 25.7 Å². The fourth-order valence-corrected chi connectivity index (χ4v) is 3.77. The van der Waals surface area contributed by atoms with Gasteiger partial charge in [-0.05, 0) is 13.0 Å². The molecule has 18 heavy (non-hydrogen) atoms. The Labute approximate surface area is 109 Å². The third-order valence-corrected chi connectivity index (χ3v) is 4.52. The molecule has 0 aliphatic carbocycles.